The van der Waals surface area contributed by atoms with Gasteiger partial charge in [-0.2, -0.15) is 0 Å². The predicted molar refractivity (Wildman–Crippen MR) is 54.5 cm³/mol. The number of carbonyl (C=O) groups excluding carboxylic acids is 2. The van der Waals surface area contributed by atoms with Crippen LogP contribution in [0.15, 0.2) is 0 Å². The molecule has 0 spiro atoms. The summed E-state index contributed by atoms with van der Waals surface area (Å²) in [5.74, 6) is 0.753. The average Bonchev–Trinajstić information content (AvgIpc) is 2.48. The minimum atomic E-state index is -0.358. The Labute approximate surface area is 87.2 Å². The molecule has 0 aromatic heterocycles. The molecule has 2 fully saturated rings. The second-order valence-electron chi connectivity index (χ2n) is 3.73. The zero-order chi connectivity index (χ0) is 10.1. The summed E-state index contributed by atoms with van der Waals surface area (Å²) in [5.41, 5.74) is 5.28. The van der Waals surface area contributed by atoms with Crippen molar-refractivity contribution in [3.05, 3.63) is 0 Å². The fraction of sp³-hybridized carbons (Fsp3) is 0.778. The molecule has 0 radical (unpaired) electrons. The van der Waals surface area contributed by atoms with Gasteiger partial charge in [-0.15, -0.1) is 11.8 Å². The Morgan fingerprint density at radius 3 is 3.00 bits per heavy atom. The van der Waals surface area contributed by atoms with Gasteiger partial charge < -0.3 is 10.6 Å². The monoisotopic (exact) mass is 214 g/mol. The SMILES string of the molecule is NC(=O)C1CCC2SCCCC(=O)N21. The summed E-state index contributed by atoms with van der Waals surface area (Å²) < 4.78 is 0. The van der Waals surface area contributed by atoms with E-state index in [1.165, 1.54) is 0 Å². The zero-order valence-corrected chi connectivity index (χ0v) is 8.76. The Morgan fingerprint density at radius 1 is 1.50 bits per heavy atom. The molecule has 2 saturated heterocycles. The van der Waals surface area contributed by atoms with Gasteiger partial charge in [-0.3, -0.25) is 9.59 Å². The molecular formula is C9H14N2O2S. The van der Waals surface area contributed by atoms with E-state index in [1.807, 2.05) is 0 Å². The van der Waals surface area contributed by atoms with Gasteiger partial charge in [0, 0.05) is 6.42 Å². The van der Waals surface area contributed by atoms with Crippen LogP contribution in [0.4, 0.5) is 0 Å². The van der Waals surface area contributed by atoms with Gasteiger partial charge in [-0.25, -0.2) is 0 Å². The number of fused-ring (bicyclic) bond motifs is 1. The van der Waals surface area contributed by atoms with Gasteiger partial charge in [0.1, 0.15) is 6.04 Å². The first-order chi connectivity index (χ1) is 6.70. The Bertz CT molecular complexity index is 270. The van der Waals surface area contributed by atoms with Crippen molar-refractivity contribution in [2.24, 2.45) is 5.73 Å². The minimum absolute atomic E-state index is 0.0984. The van der Waals surface area contributed by atoms with Crippen LogP contribution in [0, 0.1) is 0 Å². The van der Waals surface area contributed by atoms with E-state index in [1.54, 1.807) is 16.7 Å². The summed E-state index contributed by atoms with van der Waals surface area (Å²) in [6.07, 6.45) is 3.12. The largest absolute Gasteiger partial charge is 0.368 e. The van der Waals surface area contributed by atoms with E-state index in [-0.39, 0.29) is 23.2 Å². The average molecular weight is 214 g/mol. The molecule has 4 nitrogen and oxygen atoms in total. The van der Waals surface area contributed by atoms with Crippen molar-refractivity contribution in [3.8, 4) is 0 Å². The molecule has 78 valence electrons. The van der Waals surface area contributed by atoms with E-state index >= 15 is 0 Å². The van der Waals surface area contributed by atoms with Crippen molar-refractivity contribution in [1.29, 1.82) is 0 Å². The van der Waals surface area contributed by atoms with Crippen LogP contribution < -0.4 is 5.73 Å². The van der Waals surface area contributed by atoms with Crippen LogP contribution in [0.5, 0.6) is 0 Å². The summed E-state index contributed by atoms with van der Waals surface area (Å²) >= 11 is 1.78. The van der Waals surface area contributed by atoms with Gasteiger partial charge in [0.15, 0.2) is 0 Å². The van der Waals surface area contributed by atoms with E-state index in [0.29, 0.717) is 6.42 Å². The second kappa shape index (κ2) is 3.81. The van der Waals surface area contributed by atoms with Crippen molar-refractivity contribution in [2.75, 3.05) is 5.75 Å². The van der Waals surface area contributed by atoms with Crippen molar-refractivity contribution < 1.29 is 9.59 Å². The van der Waals surface area contributed by atoms with Crippen molar-refractivity contribution in [2.45, 2.75) is 37.1 Å². The quantitative estimate of drug-likeness (QED) is 0.683. The first-order valence-corrected chi connectivity index (χ1v) is 5.97. The van der Waals surface area contributed by atoms with Crippen molar-refractivity contribution in [1.82, 2.24) is 4.90 Å². The molecule has 0 saturated carbocycles. The second-order valence-corrected chi connectivity index (χ2v) is 5.01. The summed E-state index contributed by atoms with van der Waals surface area (Å²) in [6.45, 7) is 0. The van der Waals surface area contributed by atoms with Gasteiger partial charge in [-0.1, -0.05) is 0 Å². The molecule has 2 aliphatic heterocycles. The molecule has 2 rings (SSSR count). The standard InChI is InChI=1S/C9H14N2O2S/c10-9(13)6-3-4-8-11(6)7(12)2-1-5-14-8/h6,8H,1-5H2,(H2,10,13). The fourth-order valence-corrected chi connectivity index (χ4v) is 3.44. The Hall–Kier alpha value is -0.710. The third kappa shape index (κ3) is 1.61. The lowest BCUT2D eigenvalue weighted by molar-refractivity contribution is -0.137. The highest BCUT2D eigenvalue weighted by molar-refractivity contribution is 7.99. The third-order valence-electron chi connectivity index (χ3n) is 2.79. The van der Waals surface area contributed by atoms with E-state index < -0.39 is 0 Å². The Balaban J connectivity index is 2.18. The van der Waals surface area contributed by atoms with Crippen LogP contribution in [0.1, 0.15) is 25.7 Å². The highest BCUT2D eigenvalue weighted by Gasteiger charge is 2.40. The number of primary amides is 1. The number of hydrogen-bond donors (Lipinski definition) is 1. The fourth-order valence-electron chi connectivity index (χ4n) is 2.13. The van der Waals surface area contributed by atoms with Gasteiger partial charge >= 0.3 is 0 Å². The summed E-state index contributed by atoms with van der Waals surface area (Å²) in [6, 6.07) is -0.349. The molecule has 2 atom stereocenters. The number of nitrogens with zero attached hydrogens (tertiary/aromatic N) is 1. The highest BCUT2D eigenvalue weighted by atomic mass is 32.2. The number of carbonyl (C=O) groups is 2. The maximum absolute atomic E-state index is 11.7. The molecular weight excluding hydrogens is 200 g/mol. The molecule has 5 heteroatoms. The van der Waals surface area contributed by atoms with Gasteiger partial charge in [-0.05, 0) is 25.0 Å². The molecule has 2 N–H and O–H groups in total. The van der Waals surface area contributed by atoms with E-state index in [2.05, 4.69) is 0 Å². The lowest BCUT2D eigenvalue weighted by Gasteiger charge is -2.26. The van der Waals surface area contributed by atoms with Gasteiger partial charge in [0.05, 0.1) is 5.37 Å². The van der Waals surface area contributed by atoms with Crippen LogP contribution in [-0.4, -0.2) is 33.9 Å². The molecule has 0 aromatic rings. The third-order valence-corrected chi connectivity index (χ3v) is 4.17. The molecule has 2 aliphatic rings. The molecule has 0 aromatic carbocycles. The number of amides is 2. The molecule has 0 bridgehead atoms. The zero-order valence-electron chi connectivity index (χ0n) is 7.94. The topological polar surface area (TPSA) is 63.4 Å². The summed E-state index contributed by atoms with van der Waals surface area (Å²) in [5, 5.41) is 0.197. The van der Waals surface area contributed by atoms with Crippen LogP contribution in [0.2, 0.25) is 0 Å². The number of rotatable bonds is 1. The van der Waals surface area contributed by atoms with Gasteiger partial charge in [0.25, 0.3) is 0 Å². The van der Waals surface area contributed by atoms with Crippen molar-refractivity contribution in [3.63, 3.8) is 0 Å². The first-order valence-electron chi connectivity index (χ1n) is 4.92. The van der Waals surface area contributed by atoms with Crippen LogP contribution in [0.25, 0.3) is 0 Å². The molecule has 0 aliphatic carbocycles. The van der Waals surface area contributed by atoms with Gasteiger partial charge in [0.2, 0.25) is 11.8 Å². The number of hydrogen-bond acceptors (Lipinski definition) is 3. The Kier molecular flexibility index (Phi) is 2.67. The highest BCUT2D eigenvalue weighted by Crippen LogP contribution is 2.35. The van der Waals surface area contributed by atoms with E-state index in [9.17, 15) is 9.59 Å². The molecule has 14 heavy (non-hydrogen) atoms. The maximum atomic E-state index is 11.7. The van der Waals surface area contributed by atoms with E-state index in [0.717, 1.165) is 25.0 Å². The van der Waals surface area contributed by atoms with Crippen molar-refractivity contribution >= 4 is 23.6 Å². The maximum Gasteiger partial charge on any atom is 0.240 e. The van der Waals surface area contributed by atoms with Crippen LogP contribution in [-0.2, 0) is 9.59 Å². The smallest absolute Gasteiger partial charge is 0.240 e. The van der Waals surface area contributed by atoms with Crippen LogP contribution >= 0.6 is 11.8 Å². The number of nitrogens with two attached hydrogens (primary N) is 1. The minimum Gasteiger partial charge on any atom is -0.368 e. The molecule has 2 heterocycles. The predicted octanol–water partition coefficient (Wildman–Crippen LogP) is 0.316. The lowest BCUT2D eigenvalue weighted by atomic mass is 10.2. The normalized spacial score (nSPS) is 32.6. The number of thioether (sulfide) groups is 1. The molecule has 2 amide bonds. The Morgan fingerprint density at radius 2 is 2.29 bits per heavy atom. The van der Waals surface area contributed by atoms with Crippen LogP contribution in [0.3, 0.4) is 0 Å². The van der Waals surface area contributed by atoms with E-state index in [4.69, 9.17) is 5.73 Å². The lowest BCUT2D eigenvalue weighted by Crippen LogP contribution is -2.45. The summed E-state index contributed by atoms with van der Waals surface area (Å²) in [4.78, 5) is 24.6. The molecule has 2 unspecified atom stereocenters. The summed E-state index contributed by atoms with van der Waals surface area (Å²) in [7, 11) is 0. The first kappa shape index (κ1) is 9.83.